The third-order valence-corrected chi connectivity index (χ3v) is 8.65. The number of carboxylic acids is 1. The van der Waals surface area contributed by atoms with Gasteiger partial charge in [0.15, 0.2) is 0 Å². The number of hydrogen-bond acceptors (Lipinski definition) is 7. The lowest BCUT2D eigenvalue weighted by molar-refractivity contribution is -0.138. The molecule has 2 atom stereocenters. The Morgan fingerprint density at radius 2 is 1.88 bits per heavy atom. The zero-order chi connectivity index (χ0) is 29.1. The highest BCUT2D eigenvalue weighted by Gasteiger charge is 2.29. The SMILES string of the molecule is C.N[C@@H](CCCN(Cc1nccc2c3ccccc3n(CC(=O)N3CCOCC3)c12)[C@H]1CCCc2cccnc21)C(=O)O. The smallest absolute Gasteiger partial charge is 0.320 e. The second kappa shape index (κ2) is 13.6. The summed E-state index contributed by atoms with van der Waals surface area (Å²) in [5.41, 5.74) is 11.1. The molecule has 0 bridgehead atoms. The first-order valence-corrected chi connectivity index (χ1v) is 14.9. The van der Waals surface area contributed by atoms with Crippen molar-refractivity contribution in [2.45, 2.75) is 64.7 Å². The van der Waals surface area contributed by atoms with E-state index in [2.05, 4.69) is 27.7 Å². The van der Waals surface area contributed by atoms with Crippen LogP contribution in [0.2, 0.25) is 0 Å². The van der Waals surface area contributed by atoms with E-state index in [9.17, 15) is 14.7 Å². The summed E-state index contributed by atoms with van der Waals surface area (Å²) in [5, 5.41) is 11.5. The first-order valence-electron chi connectivity index (χ1n) is 14.9. The van der Waals surface area contributed by atoms with Crippen LogP contribution in [0.4, 0.5) is 0 Å². The fourth-order valence-corrected chi connectivity index (χ4v) is 6.52. The molecule has 10 nitrogen and oxygen atoms in total. The number of ether oxygens (including phenoxy) is 1. The quantitative estimate of drug-likeness (QED) is 0.284. The van der Waals surface area contributed by atoms with E-state index in [1.54, 1.807) is 0 Å². The highest BCUT2D eigenvalue weighted by molar-refractivity contribution is 6.09. The van der Waals surface area contributed by atoms with Crippen LogP contribution in [0.1, 0.15) is 56.1 Å². The monoisotopic (exact) mass is 586 g/mol. The molecule has 1 aromatic carbocycles. The van der Waals surface area contributed by atoms with Crippen LogP contribution in [0.5, 0.6) is 0 Å². The third-order valence-electron chi connectivity index (χ3n) is 8.65. The van der Waals surface area contributed by atoms with Crippen LogP contribution in [0.3, 0.4) is 0 Å². The molecule has 43 heavy (non-hydrogen) atoms. The predicted octanol–water partition coefficient (Wildman–Crippen LogP) is 4.15. The van der Waals surface area contributed by atoms with E-state index in [0.29, 0.717) is 52.2 Å². The van der Waals surface area contributed by atoms with Gasteiger partial charge in [0.2, 0.25) is 5.91 Å². The number of hydrogen-bond donors (Lipinski definition) is 2. The average Bonchev–Trinajstić information content (AvgIpc) is 3.34. The van der Waals surface area contributed by atoms with Gasteiger partial charge in [0.25, 0.3) is 0 Å². The molecule has 6 rings (SSSR count). The first kappa shape index (κ1) is 30.6. The molecule has 3 aromatic heterocycles. The largest absolute Gasteiger partial charge is 0.480 e. The maximum Gasteiger partial charge on any atom is 0.320 e. The number of pyridine rings is 2. The fourth-order valence-electron chi connectivity index (χ4n) is 6.52. The number of para-hydroxylation sites is 1. The number of carboxylic acid groups (broad SMARTS) is 1. The number of aryl methyl sites for hydroxylation is 1. The van der Waals surface area contributed by atoms with Gasteiger partial charge in [0, 0.05) is 48.3 Å². The number of morpholine rings is 1. The molecular formula is C33H42N6O4. The van der Waals surface area contributed by atoms with Crippen LogP contribution in [-0.4, -0.2) is 80.2 Å². The number of benzene rings is 1. The summed E-state index contributed by atoms with van der Waals surface area (Å²) in [6.07, 6.45) is 7.75. The van der Waals surface area contributed by atoms with E-state index in [1.807, 2.05) is 41.6 Å². The van der Waals surface area contributed by atoms with Gasteiger partial charge in [-0.2, -0.15) is 0 Å². The molecule has 2 aliphatic rings. The normalized spacial score (nSPS) is 17.5. The molecule has 4 heterocycles. The number of rotatable bonds is 10. The Hall–Kier alpha value is -3.86. The highest BCUT2D eigenvalue weighted by atomic mass is 16.5. The highest BCUT2D eigenvalue weighted by Crippen LogP contribution is 2.36. The van der Waals surface area contributed by atoms with Crippen LogP contribution in [0, 0.1) is 0 Å². The van der Waals surface area contributed by atoms with Gasteiger partial charge in [-0.15, -0.1) is 0 Å². The minimum Gasteiger partial charge on any atom is -0.480 e. The van der Waals surface area contributed by atoms with Crippen LogP contribution in [-0.2, 0) is 33.8 Å². The van der Waals surface area contributed by atoms with Gasteiger partial charge >= 0.3 is 5.97 Å². The third kappa shape index (κ3) is 6.41. The van der Waals surface area contributed by atoms with Crippen molar-refractivity contribution in [3.8, 4) is 0 Å². The van der Waals surface area contributed by atoms with Gasteiger partial charge in [-0.3, -0.25) is 24.5 Å². The van der Waals surface area contributed by atoms with E-state index in [4.69, 9.17) is 20.4 Å². The standard InChI is InChI=1S/C32H38N6O4.CH4/c33-25(32(40)41)9-5-15-37(28-11-3-6-22-7-4-13-35-30(22)28)20-26-31-24(12-14-34-26)23-8-1-2-10-27(23)38(31)21-29(39)36-16-18-42-19-17-36;/h1-2,4,7-8,10,12-14,25,28H,3,5-6,9,11,15-21,33H2,(H,40,41);1H4/t25-,28-;/m0./s1. The topological polar surface area (TPSA) is 127 Å². The van der Waals surface area contributed by atoms with Gasteiger partial charge in [0.05, 0.1) is 36.2 Å². The van der Waals surface area contributed by atoms with Crippen molar-refractivity contribution in [3.05, 3.63) is 71.8 Å². The summed E-state index contributed by atoms with van der Waals surface area (Å²) < 4.78 is 7.59. The Balaban J connectivity index is 0.00000368. The van der Waals surface area contributed by atoms with Gasteiger partial charge in [-0.1, -0.05) is 31.7 Å². The lowest BCUT2D eigenvalue weighted by Crippen LogP contribution is -2.42. The number of nitrogens with two attached hydrogens (primary N) is 1. The van der Waals surface area contributed by atoms with Gasteiger partial charge in [-0.25, -0.2) is 0 Å². The molecular weight excluding hydrogens is 544 g/mol. The van der Waals surface area contributed by atoms with E-state index >= 15 is 0 Å². The number of fused-ring (bicyclic) bond motifs is 4. The summed E-state index contributed by atoms with van der Waals surface area (Å²) in [5.74, 6) is -0.909. The minimum atomic E-state index is -0.980. The van der Waals surface area contributed by atoms with Crippen molar-refractivity contribution in [1.29, 1.82) is 0 Å². The van der Waals surface area contributed by atoms with Crippen molar-refractivity contribution < 1.29 is 19.4 Å². The lowest BCUT2D eigenvalue weighted by atomic mass is 9.90. The molecule has 0 saturated carbocycles. The Morgan fingerprint density at radius 3 is 2.70 bits per heavy atom. The summed E-state index contributed by atoms with van der Waals surface area (Å²) in [4.78, 5) is 38.8. The average molecular weight is 587 g/mol. The van der Waals surface area contributed by atoms with Gasteiger partial charge in [0.1, 0.15) is 12.6 Å². The Bertz CT molecular complexity index is 1580. The van der Waals surface area contributed by atoms with Crippen LogP contribution < -0.4 is 5.73 Å². The Morgan fingerprint density at radius 1 is 1.07 bits per heavy atom. The number of nitrogens with zero attached hydrogens (tertiary/aromatic N) is 5. The van der Waals surface area contributed by atoms with Crippen LogP contribution >= 0.6 is 0 Å². The summed E-state index contributed by atoms with van der Waals surface area (Å²) in [6, 6.07) is 13.6. The minimum absolute atomic E-state index is 0. The van der Waals surface area contributed by atoms with Crippen molar-refractivity contribution in [2.75, 3.05) is 32.8 Å². The zero-order valence-electron chi connectivity index (χ0n) is 23.8. The maximum atomic E-state index is 13.5. The Kier molecular flexibility index (Phi) is 9.69. The molecule has 1 fully saturated rings. The Labute approximate surface area is 252 Å². The number of carbonyl (C=O) groups is 2. The van der Waals surface area contributed by atoms with Gasteiger partial charge in [-0.05, 0) is 62.4 Å². The molecule has 1 aliphatic heterocycles. The molecule has 10 heteroatoms. The second-order valence-corrected chi connectivity index (χ2v) is 11.3. The number of carbonyl (C=O) groups excluding carboxylic acids is 1. The number of aromatic nitrogens is 3. The molecule has 1 saturated heterocycles. The summed E-state index contributed by atoms with van der Waals surface area (Å²) >= 11 is 0. The summed E-state index contributed by atoms with van der Waals surface area (Å²) in [6.45, 7) is 3.74. The van der Waals surface area contributed by atoms with E-state index in [0.717, 1.165) is 52.5 Å². The van der Waals surface area contributed by atoms with Crippen molar-refractivity contribution >= 4 is 33.7 Å². The van der Waals surface area contributed by atoms with Crippen LogP contribution in [0.15, 0.2) is 54.9 Å². The van der Waals surface area contributed by atoms with Crippen molar-refractivity contribution in [3.63, 3.8) is 0 Å². The number of amides is 1. The first-order chi connectivity index (χ1) is 20.5. The molecule has 1 aliphatic carbocycles. The van der Waals surface area contributed by atoms with E-state index in [-0.39, 0.29) is 25.9 Å². The molecule has 0 radical (unpaired) electrons. The second-order valence-electron chi connectivity index (χ2n) is 11.3. The molecule has 4 aromatic rings. The van der Waals surface area contributed by atoms with Gasteiger partial charge < -0.3 is 25.0 Å². The molecule has 1 amide bonds. The molecule has 228 valence electrons. The molecule has 0 unspecified atom stereocenters. The molecule has 3 N–H and O–H groups in total. The van der Waals surface area contributed by atoms with E-state index in [1.165, 1.54) is 5.56 Å². The molecule has 0 spiro atoms. The predicted molar refractivity (Wildman–Crippen MR) is 167 cm³/mol. The van der Waals surface area contributed by atoms with Crippen molar-refractivity contribution in [1.82, 2.24) is 24.3 Å². The van der Waals surface area contributed by atoms with Crippen molar-refractivity contribution in [2.24, 2.45) is 5.73 Å². The zero-order valence-corrected chi connectivity index (χ0v) is 23.8. The number of aliphatic carboxylic acids is 1. The fraction of sp³-hybridized carbons (Fsp3) is 0.455. The van der Waals surface area contributed by atoms with Crippen LogP contribution in [0.25, 0.3) is 21.8 Å². The maximum absolute atomic E-state index is 13.5. The van der Waals surface area contributed by atoms with E-state index < -0.39 is 12.0 Å². The summed E-state index contributed by atoms with van der Waals surface area (Å²) in [7, 11) is 0. The lowest BCUT2D eigenvalue weighted by Gasteiger charge is -2.35.